The molecule has 2 aliphatic heterocycles. The van der Waals surface area contributed by atoms with Crippen molar-refractivity contribution in [3.05, 3.63) is 47.5 Å². The number of anilines is 1. The minimum atomic E-state index is -1.05. The summed E-state index contributed by atoms with van der Waals surface area (Å²) >= 11 is 0. The lowest BCUT2D eigenvalue weighted by Crippen LogP contribution is -2.46. The molecule has 7 nitrogen and oxygen atoms in total. The predicted molar refractivity (Wildman–Crippen MR) is 133 cm³/mol. The molecule has 3 aromatic rings. The number of pyridine rings is 1. The molecule has 3 aliphatic rings. The van der Waals surface area contributed by atoms with E-state index in [2.05, 4.69) is 21.8 Å². The van der Waals surface area contributed by atoms with Crippen LogP contribution in [-0.2, 0) is 0 Å². The molecule has 35 heavy (non-hydrogen) atoms. The zero-order valence-corrected chi connectivity index (χ0v) is 20.2. The van der Waals surface area contributed by atoms with Gasteiger partial charge in [0.2, 0.25) is 0 Å². The number of piperidine rings is 2. The minimum absolute atomic E-state index is 0.0236. The van der Waals surface area contributed by atoms with Crippen LogP contribution in [0, 0.1) is 11.2 Å². The number of aromatic carboxylic acids is 1. The molecule has 0 unspecified atom stereocenters. The van der Waals surface area contributed by atoms with Gasteiger partial charge in [-0.2, -0.15) is 5.10 Å². The first-order chi connectivity index (χ1) is 16.9. The van der Waals surface area contributed by atoms with E-state index in [9.17, 15) is 14.3 Å². The Labute approximate surface area is 204 Å². The number of aromatic nitrogens is 3. The number of likely N-dealkylation sites (tertiary alicyclic amines) is 1. The maximum absolute atomic E-state index is 13.6. The van der Waals surface area contributed by atoms with Crippen molar-refractivity contribution < 1.29 is 14.3 Å². The zero-order valence-electron chi connectivity index (χ0n) is 20.2. The molecule has 1 N–H and O–H groups in total. The lowest BCUT2D eigenvalue weighted by molar-refractivity contribution is 0.0690. The van der Waals surface area contributed by atoms with Gasteiger partial charge in [-0.15, -0.1) is 0 Å². The first-order valence-corrected chi connectivity index (χ1v) is 12.8. The van der Waals surface area contributed by atoms with E-state index < -0.39 is 5.97 Å². The van der Waals surface area contributed by atoms with Gasteiger partial charge in [0.25, 0.3) is 0 Å². The number of halogens is 1. The Morgan fingerprint density at radius 3 is 2.31 bits per heavy atom. The van der Waals surface area contributed by atoms with Gasteiger partial charge >= 0.3 is 5.97 Å². The molecule has 4 heterocycles. The highest BCUT2D eigenvalue weighted by atomic mass is 19.1. The molecule has 1 saturated carbocycles. The van der Waals surface area contributed by atoms with Crippen LogP contribution in [0.25, 0.3) is 16.7 Å². The summed E-state index contributed by atoms with van der Waals surface area (Å²) in [5.74, 6) is -1.02. The van der Waals surface area contributed by atoms with Crippen molar-refractivity contribution in [2.24, 2.45) is 5.41 Å². The van der Waals surface area contributed by atoms with E-state index in [0.29, 0.717) is 22.7 Å². The van der Waals surface area contributed by atoms with Gasteiger partial charge in [0.1, 0.15) is 5.82 Å². The van der Waals surface area contributed by atoms with Crippen LogP contribution in [0.1, 0.15) is 67.0 Å². The van der Waals surface area contributed by atoms with Crippen molar-refractivity contribution in [1.82, 2.24) is 19.7 Å². The molecule has 8 heteroatoms. The average molecular weight is 478 g/mol. The number of carbonyl (C=O) groups is 1. The van der Waals surface area contributed by atoms with Crippen LogP contribution in [-0.4, -0.2) is 64.0 Å². The highest BCUT2D eigenvalue weighted by molar-refractivity contribution is 5.98. The molecule has 1 aromatic carbocycles. The average Bonchev–Trinajstić information content (AvgIpc) is 3.19. The Hall–Kier alpha value is -3.00. The van der Waals surface area contributed by atoms with Crippen molar-refractivity contribution in [2.45, 2.75) is 50.9 Å². The van der Waals surface area contributed by atoms with Gasteiger partial charge in [0, 0.05) is 19.0 Å². The van der Waals surface area contributed by atoms with E-state index in [1.165, 1.54) is 31.4 Å². The van der Waals surface area contributed by atoms with Crippen molar-refractivity contribution in [1.29, 1.82) is 0 Å². The first-order valence-electron chi connectivity index (χ1n) is 12.8. The summed E-state index contributed by atoms with van der Waals surface area (Å²) in [4.78, 5) is 21.4. The summed E-state index contributed by atoms with van der Waals surface area (Å²) in [7, 11) is 2.20. The fraction of sp³-hybridized carbons (Fsp3) is 0.519. The second kappa shape index (κ2) is 8.59. The van der Waals surface area contributed by atoms with Gasteiger partial charge in [-0.25, -0.2) is 18.9 Å². The maximum Gasteiger partial charge on any atom is 0.354 e. The van der Waals surface area contributed by atoms with Gasteiger partial charge in [0.05, 0.1) is 22.5 Å². The van der Waals surface area contributed by atoms with Gasteiger partial charge in [-0.3, -0.25) is 0 Å². The standard InChI is InChI=1S/C27H32FN5O2/c1-31-13-9-27(10-14-31)11-15-32(16-12-27)22-17-21(26(34)35)29-25-23(22)24(18-3-2-4-18)30-33(25)20-7-5-19(28)6-8-20/h5-8,17-18H,2-4,9-16H2,1H3,(H,34,35). The Bertz CT molecular complexity index is 1250. The topological polar surface area (TPSA) is 74.5 Å². The lowest BCUT2D eigenvalue weighted by atomic mass is 9.71. The molecule has 184 valence electrons. The third-order valence-electron chi connectivity index (χ3n) is 8.64. The molecule has 2 saturated heterocycles. The van der Waals surface area contributed by atoms with E-state index in [4.69, 9.17) is 5.10 Å². The number of hydrogen-bond acceptors (Lipinski definition) is 5. The summed E-state index contributed by atoms with van der Waals surface area (Å²) in [6.45, 7) is 4.12. The van der Waals surface area contributed by atoms with Crippen LogP contribution in [0.3, 0.4) is 0 Å². The molecule has 0 radical (unpaired) electrons. The summed E-state index contributed by atoms with van der Waals surface area (Å²) in [6.07, 6.45) is 8.04. The van der Waals surface area contributed by atoms with Crippen molar-refractivity contribution in [2.75, 3.05) is 38.1 Å². The normalized spacial score (nSPS) is 20.9. The van der Waals surface area contributed by atoms with Crippen LogP contribution < -0.4 is 4.90 Å². The first kappa shape index (κ1) is 22.5. The molecular weight excluding hydrogens is 445 g/mol. The van der Waals surface area contributed by atoms with E-state index >= 15 is 0 Å². The molecule has 0 atom stereocenters. The van der Waals surface area contributed by atoms with Crippen LogP contribution >= 0.6 is 0 Å². The van der Waals surface area contributed by atoms with Crippen molar-refractivity contribution in [3.8, 4) is 5.69 Å². The van der Waals surface area contributed by atoms with Gasteiger partial charge < -0.3 is 14.9 Å². The number of fused-ring (bicyclic) bond motifs is 1. The Balaban J connectivity index is 1.45. The van der Waals surface area contributed by atoms with Gasteiger partial charge in [-0.05, 0) is 94.4 Å². The number of carboxylic acids is 1. The van der Waals surface area contributed by atoms with Crippen molar-refractivity contribution in [3.63, 3.8) is 0 Å². The monoisotopic (exact) mass is 477 g/mol. The molecule has 2 aromatic heterocycles. The lowest BCUT2D eigenvalue weighted by Gasteiger charge is -2.47. The molecule has 3 fully saturated rings. The second-order valence-electron chi connectivity index (χ2n) is 10.7. The molecule has 6 rings (SSSR count). The third-order valence-corrected chi connectivity index (χ3v) is 8.64. The van der Waals surface area contributed by atoms with E-state index in [1.54, 1.807) is 22.9 Å². The number of nitrogens with zero attached hydrogens (tertiary/aromatic N) is 5. The maximum atomic E-state index is 13.6. The Morgan fingerprint density at radius 1 is 1.06 bits per heavy atom. The number of hydrogen-bond donors (Lipinski definition) is 1. The molecule has 0 amide bonds. The highest BCUT2D eigenvalue weighted by Gasteiger charge is 2.38. The van der Waals surface area contributed by atoms with E-state index in [1.807, 2.05) is 0 Å². The largest absolute Gasteiger partial charge is 0.477 e. The summed E-state index contributed by atoms with van der Waals surface area (Å²) in [6, 6.07) is 7.90. The molecule has 1 spiro atoms. The fourth-order valence-corrected chi connectivity index (χ4v) is 6.03. The van der Waals surface area contributed by atoms with Crippen LogP contribution in [0.4, 0.5) is 10.1 Å². The van der Waals surface area contributed by atoms with Gasteiger partial charge in [0.15, 0.2) is 11.3 Å². The number of carboxylic acid groups (broad SMARTS) is 1. The molecule has 0 bridgehead atoms. The highest BCUT2D eigenvalue weighted by Crippen LogP contribution is 2.46. The Morgan fingerprint density at radius 2 is 1.71 bits per heavy atom. The molecule has 1 aliphatic carbocycles. The van der Waals surface area contributed by atoms with Crippen LogP contribution in [0.15, 0.2) is 30.3 Å². The summed E-state index contributed by atoms with van der Waals surface area (Å²) < 4.78 is 15.3. The predicted octanol–water partition coefficient (Wildman–Crippen LogP) is 4.84. The minimum Gasteiger partial charge on any atom is -0.477 e. The SMILES string of the molecule is CN1CCC2(CC1)CCN(c1cc(C(=O)O)nc3c1c(C1CCC1)nn3-c1ccc(F)cc1)CC2. The fourth-order valence-electron chi connectivity index (χ4n) is 6.03. The van der Waals surface area contributed by atoms with E-state index in [-0.39, 0.29) is 11.5 Å². The number of rotatable bonds is 4. The van der Waals surface area contributed by atoms with Crippen LogP contribution in [0.5, 0.6) is 0 Å². The second-order valence-corrected chi connectivity index (χ2v) is 10.7. The summed E-state index contributed by atoms with van der Waals surface area (Å²) in [5, 5.41) is 15.8. The van der Waals surface area contributed by atoms with Crippen molar-refractivity contribution >= 4 is 22.7 Å². The third kappa shape index (κ3) is 3.97. The van der Waals surface area contributed by atoms with Crippen LogP contribution in [0.2, 0.25) is 0 Å². The smallest absolute Gasteiger partial charge is 0.354 e. The Kier molecular flexibility index (Phi) is 5.51. The molecular formula is C27H32FN5O2. The number of benzene rings is 1. The van der Waals surface area contributed by atoms with Gasteiger partial charge in [-0.1, -0.05) is 6.42 Å². The van der Waals surface area contributed by atoms with E-state index in [0.717, 1.165) is 68.6 Å². The zero-order chi connectivity index (χ0) is 24.2. The summed E-state index contributed by atoms with van der Waals surface area (Å²) in [5.41, 5.74) is 3.59. The quantitative estimate of drug-likeness (QED) is 0.580.